The van der Waals surface area contributed by atoms with Gasteiger partial charge >= 0.3 is 0 Å². The molecule has 2 amide bonds. The van der Waals surface area contributed by atoms with Crippen molar-refractivity contribution in [3.63, 3.8) is 0 Å². The molecule has 4 N–H and O–H groups in total. The van der Waals surface area contributed by atoms with Crippen molar-refractivity contribution in [2.24, 2.45) is 10.9 Å². The Morgan fingerprint density at radius 1 is 1.15 bits per heavy atom. The molecule has 7 nitrogen and oxygen atoms in total. The molecule has 2 rings (SSSR count). The van der Waals surface area contributed by atoms with Gasteiger partial charge in [0.05, 0.1) is 4.88 Å². The lowest BCUT2D eigenvalue weighted by Gasteiger charge is -2.12. The highest BCUT2D eigenvalue weighted by atomic mass is 127. The second-order valence-electron chi connectivity index (χ2n) is 5.84. The summed E-state index contributed by atoms with van der Waals surface area (Å²) >= 11 is 1.44. The zero-order valence-corrected chi connectivity index (χ0v) is 18.2. The zero-order valence-electron chi connectivity index (χ0n) is 15.0. The molecule has 0 aliphatic heterocycles. The number of hydrogen-bond donors (Lipinski definition) is 4. The maximum atomic E-state index is 11.8. The van der Waals surface area contributed by atoms with Gasteiger partial charge in [0.1, 0.15) is 0 Å². The number of guanidine groups is 1. The van der Waals surface area contributed by atoms with Crippen LogP contribution in [0.1, 0.15) is 35.9 Å². The van der Waals surface area contributed by atoms with Crippen molar-refractivity contribution in [2.45, 2.75) is 26.2 Å². The molecule has 1 aromatic heterocycles. The largest absolute Gasteiger partial charge is 0.357 e. The van der Waals surface area contributed by atoms with Gasteiger partial charge in [0.15, 0.2) is 5.96 Å². The van der Waals surface area contributed by atoms with E-state index in [2.05, 4.69) is 26.3 Å². The third-order valence-electron chi connectivity index (χ3n) is 3.64. The number of carbonyl (C=O) groups is 2. The lowest BCUT2D eigenvalue weighted by Crippen LogP contribution is -2.41. The third kappa shape index (κ3) is 8.84. The number of halogens is 1. The highest BCUT2D eigenvalue weighted by Gasteiger charge is 2.28. The third-order valence-corrected chi connectivity index (χ3v) is 4.51. The summed E-state index contributed by atoms with van der Waals surface area (Å²) in [6, 6.07) is 3.68. The molecule has 0 spiro atoms. The van der Waals surface area contributed by atoms with Gasteiger partial charge in [-0.1, -0.05) is 6.07 Å². The number of rotatable bonds is 10. The quantitative estimate of drug-likeness (QED) is 0.172. The van der Waals surface area contributed by atoms with E-state index >= 15 is 0 Å². The van der Waals surface area contributed by atoms with Gasteiger partial charge in [-0.05, 0) is 37.6 Å². The van der Waals surface area contributed by atoms with Crippen LogP contribution in [0, 0.1) is 5.92 Å². The molecule has 0 saturated heterocycles. The van der Waals surface area contributed by atoms with Crippen LogP contribution in [-0.4, -0.2) is 50.5 Å². The van der Waals surface area contributed by atoms with E-state index in [1.54, 1.807) is 0 Å². The van der Waals surface area contributed by atoms with Crippen molar-refractivity contribution >= 4 is 53.1 Å². The van der Waals surface area contributed by atoms with Crippen LogP contribution in [0.4, 0.5) is 0 Å². The van der Waals surface area contributed by atoms with E-state index in [-0.39, 0.29) is 41.7 Å². The molecule has 146 valence electrons. The van der Waals surface area contributed by atoms with Crippen LogP contribution >= 0.6 is 35.3 Å². The highest BCUT2D eigenvalue weighted by Crippen LogP contribution is 2.28. The smallest absolute Gasteiger partial charge is 0.261 e. The van der Waals surface area contributed by atoms with Gasteiger partial charge in [-0.2, -0.15) is 0 Å². The molecular formula is C17H28IN5O2S. The maximum Gasteiger partial charge on any atom is 0.261 e. The number of nitrogens with zero attached hydrogens (tertiary/aromatic N) is 1. The molecule has 1 saturated carbocycles. The van der Waals surface area contributed by atoms with E-state index in [0.29, 0.717) is 26.2 Å². The normalized spacial score (nSPS) is 13.5. The number of nitrogens with one attached hydrogen (secondary N) is 4. The second kappa shape index (κ2) is 12.9. The molecule has 9 heteroatoms. The van der Waals surface area contributed by atoms with Crippen molar-refractivity contribution in [3.8, 4) is 0 Å². The van der Waals surface area contributed by atoms with Gasteiger partial charge in [0.25, 0.3) is 5.91 Å². The van der Waals surface area contributed by atoms with E-state index in [0.717, 1.165) is 36.6 Å². The molecule has 0 unspecified atom stereocenters. The van der Waals surface area contributed by atoms with E-state index in [1.165, 1.54) is 11.3 Å². The maximum absolute atomic E-state index is 11.8. The fraction of sp³-hybridized carbons (Fsp3) is 0.588. The van der Waals surface area contributed by atoms with Gasteiger partial charge in [0.2, 0.25) is 5.91 Å². The van der Waals surface area contributed by atoms with Crippen molar-refractivity contribution in [3.05, 3.63) is 22.4 Å². The summed E-state index contributed by atoms with van der Waals surface area (Å²) in [6.45, 7) is 5.23. The Bertz CT molecular complexity index is 576. The van der Waals surface area contributed by atoms with E-state index in [1.807, 2.05) is 24.4 Å². The van der Waals surface area contributed by atoms with Gasteiger partial charge in [-0.15, -0.1) is 35.3 Å². The fourth-order valence-corrected chi connectivity index (χ4v) is 2.81. The Morgan fingerprint density at radius 3 is 2.58 bits per heavy atom. The molecule has 1 heterocycles. The molecule has 1 fully saturated rings. The topological polar surface area (TPSA) is 94.6 Å². The van der Waals surface area contributed by atoms with Crippen molar-refractivity contribution < 1.29 is 9.59 Å². The number of thiophene rings is 1. The van der Waals surface area contributed by atoms with Crippen LogP contribution in [0.5, 0.6) is 0 Å². The number of carbonyl (C=O) groups excluding carboxylic acids is 2. The Labute approximate surface area is 175 Å². The molecule has 1 aliphatic carbocycles. The molecule has 0 radical (unpaired) electrons. The Hall–Kier alpha value is -1.36. The zero-order chi connectivity index (χ0) is 17.9. The minimum atomic E-state index is -0.0320. The Kier molecular flexibility index (Phi) is 11.3. The van der Waals surface area contributed by atoms with Crippen LogP contribution in [0.25, 0.3) is 0 Å². The number of hydrogen-bond acceptors (Lipinski definition) is 4. The molecule has 0 aromatic carbocycles. The average molecular weight is 493 g/mol. The summed E-state index contributed by atoms with van der Waals surface area (Å²) in [6.07, 6.45) is 2.81. The molecule has 1 aliphatic rings. The average Bonchev–Trinajstić information content (AvgIpc) is 3.32. The molecule has 1 aromatic rings. The monoisotopic (exact) mass is 493 g/mol. The van der Waals surface area contributed by atoms with Crippen LogP contribution in [0.3, 0.4) is 0 Å². The molecule has 0 atom stereocenters. The summed E-state index contributed by atoms with van der Waals surface area (Å²) in [4.78, 5) is 28.5. The SMILES string of the molecule is CCNC(=NCCCNC(=O)c1cccs1)NCCNC(=O)C1CC1.I. The molecule has 26 heavy (non-hydrogen) atoms. The predicted molar refractivity (Wildman–Crippen MR) is 116 cm³/mol. The highest BCUT2D eigenvalue weighted by molar-refractivity contribution is 14.0. The van der Waals surface area contributed by atoms with Gasteiger partial charge in [-0.3, -0.25) is 14.6 Å². The summed E-state index contributed by atoms with van der Waals surface area (Å²) in [5.74, 6) is 1.10. The summed E-state index contributed by atoms with van der Waals surface area (Å²) in [5.41, 5.74) is 0. The summed E-state index contributed by atoms with van der Waals surface area (Å²) in [7, 11) is 0. The van der Waals surface area contributed by atoms with Crippen LogP contribution in [0.2, 0.25) is 0 Å². The first-order valence-electron chi connectivity index (χ1n) is 8.82. The summed E-state index contributed by atoms with van der Waals surface area (Å²) in [5, 5.41) is 14.1. The lowest BCUT2D eigenvalue weighted by molar-refractivity contribution is -0.122. The van der Waals surface area contributed by atoms with Gasteiger partial charge in [0, 0.05) is 38.6 Å². The lowest BCUT2D eigenvalue weighted by atomic mass is 10.4. The van der Waals surface area contributed by atoms with Gasteiger partial charge in [-0.25, -0.2) is 0 Å². The standard InChI is InChI=1S/C17H27N5O2S.HI/c1-2-18-17(22-11-10-20-15(23)13-6-7-13)21-9-4-8-19-16(24)14-5-3-12-25-14;/h3,5,12-13H,2,4,6-11H2,1H3,(H,19,24)(H,20,23)(H2,18,21,22);1H. The Morgan fingerprint density at radius 2 is 1.92 bits per heavy atom. The second-order valence-corrected chi connectivity index (χ2v) is 6.79. The van der Waals surface area contributed by atoms with Crippen molar-refractivity contribution in [2.75, 3.05) is 32.7 Å². The first-order valence-corrected chi connectivity index (χ1v) is 9.70. The van der Waals surface area contributed by atoms with Crippen molar-refractivity contribution in [1.82, 2.24) is 21.3 Å². The minimum absolute atomic E-state index is 0. The van der Waals surface area contributed by atoms with Crippen molar-refractivity contribution in [1.29, 1.82) is 0 Å². The fourth-order valence-electron chi connectivity index (χ4n) is 2.16. The molecular weight excluding hydrogens is 465 g/mol. The van der Waals surface area contributed by atoms with Gasteiger partial charge < -0.3 is 21.3 Å². The van der Waals surface area contributed by atoms with Crippen LogP contribution in [-0.2, 0) is 4.79 Å². The predicted octanol–water partition coefficient (Wildman–Crippen LogP) is 1.57. The Balaban J connectivity index is 0.00000338. The van der Waals surface area contributed by atoms with Crippen LogP contribution in [0.15, 0.2) is 22.5 Å². The first-order chi connectivity index (χ1) is 12.2. The van der Waals surface area contributed by atoms with E-state index < -0.39 is 0 Å². The number of amides is 2. The molecule has 0 bridgehead atoms. The first kappa shape index (κ1) is 22.7. The van der Waals surface area contributed by atoms with Crippen LogP contribution < -0.4 is 21.3 Å². The van der Waals surface area contributed by atoms with E-state index in [9.17, 15) is 9.59 Å². The minimum Gasteiger partial charge on any atom is -0.357 e. The van der Waals surface area contributed by atoms with E-state index in [4.69, 9.17) is 0 Å². The summed E-state index contributed by atoms with van der Waals surface area (Å²) < 4.78 is 0. The number of aliphatic imine (C=N–C) groups is 1.